The number of hydrogen-bond acceptors (Lipinski definition) is 7. The Labute approximate surface area is 231 Å². The van der Waals surface area contributed by atoms with E-state index in [-0.39, 0.29) is 23.0 Å². The number of benzene rings is 2. The predicted octanol–water partition coefficient (Wildman–Crippen LogP) is 4.71. The minimum atomic E-state index is -1.23. The normalized spacial score (nSPS) is 18.3. The lowest BCUT2D eigenvalue weighted by molar-refractivity contribution is 0.0263. The van der Waals surface area contributed by atoms with Gasteiger partial charge >= 0.3 is 6.09 Å². The number of anilines is 2. The van der Waals surface area contributed by atoms with E-state index in [1.165, 1.54) is 17.8 Å². The molecule has 0 radical (unpaired) electrons. The highest BCUT2D eigenvalue weighted by Crippen LogP contribution is 2.46. The zero-order chi connectivity index (χ0) is 27.7. The van der Waals surface area contributed by atoms with Gasteiger partial charge in [0.15, 0.2) is 17.2 Å². The molecule has 0 bridgehead atoms. The molecule has 2 amide bonds. The summed E-state index contributed by atoms with van der Waals surface area (Å²) in [5, 5.41) is 13.6. The van der Waals surface area contributed by atoms with Gasteiger partial charge in [0.2, 0.25) is 0 Å². The van der Waals surface area contributed by atoms with Crippen LogP contribution in [0.4, 0.5) is 20.7 Å². The first kappa shape index (κ1) is 26.8. The average Bonchev–Trinajstić information content (AvgIpc) is 3.33. The smallest absolute Gasteiger partial charge is 0.412 e. The minimum Gasteiger partial charge on any atom is -0.436 e. The Morgan fingerprint density at radius 1 is 1.26 bits per heavy atom. The third kappa shape index (κ3) is 5.53. The molecule has 1 atom stereocenters. The van der Waals surface area contributed by atoms with Crippen LogP contribution in [0.5, 0.6) is 0 Å². The summed E-state index contributed by atoms with van der Waals surface area (Å²) in [6.07, 6.45) is 1.06. The van der Waals surface area contributed by atoms with Gasteiger partial charge in [0.1, 0.15) is 0 Å². The zero-order valence-electron chi connectivity index (χ0n) is 22.0. The molecular formula is C28H30ClFN6O3. The van der Waals surface area contributed by atoms with E-state index < -0.39 is 17.5 Å². The Balaban J connectivity index is 1.26. The third-order valence-electron chi connectivity index (χ3n) is 7.32. The first-order valence-electron chi connectivity index (χ1n) is 12.8. The van der Waals surface area contributed by atoms with Crippen molar-refractivity contribution in [2.75, 3.05) is 30.4 Å². The topological polar surface area (TPSA) is 99.7 Å². The van der Waals surface area contributed by atoms with Crippen molar-refractivity contribution >= 4 is 35.1 Å². The van der Waals surface area contributed by atoms with Gasteiger partial charge < -0.3 is 15.0 Å². The van der Waals surface area contributed by atoms with Crippen molar-refractivity contribution < 1.29 is 18.7 Å². The molecule has 5 rings (SSSR count). The second-order valence-corrected chi connectivity index (χ2v) is 10.7. The van der Waals surface area contributed by atoms with Gasteiger partial charge in [0, 0.05) is 32.1 Å². The largest absolute Gasteiger partial charge is 0.436 e. The molecule has 3 aromatic rings. The first-order valence-corrected chi connectivity index (χ1v) is 13.2. The van der Waals surface area contributed by atoms with E-state index >= 15 is 4.39 Å². The molecule has 1 saturated heterocycles. The number of carbonyl (C=O) groups excluding carboxylic acids is 2. The Morgan fingerprint density at radius 3 is 2.74 bits per heavy atom. The molecule has 39 heavy (non-hydrogen) atoms. The number of nitrogens with zero attached hydrogens (tertiary/aromatic N) is 4. The second kappa shape index (κ2) is 10.8. The average molecular weight is 553 g/mol. The van der Waals surface area contributed by atoms with Gasteiger partial charge in [-0.25, -0.2) is 9.18 Å². The Morgan fingerprint density at radius 2 is 2.00 bits per heavy atom. The summed E-state index contributed by atoms with van der Waals surface area (Å²) in [6.45, 7) is 6.08. The molecule has 2 aromatic carbocycles. The molecule has 2 aliphatic rings. The van der Waals surface area contributed by atoms with E-state index in [1.54, 1.807) is 12.1 Å². The lowest BCUT2D eigenvalue weighted by atomic mass is 9.89. The molecule has 204 valence electrons. The molecule has 3 heterocycles. The van der Waals surface area contributed by atoms with Gasteiger partial charge in [0.05, 0.1) is 34.6 Å². The predicted molar refractivity (Wildman–Crippen MR) is 146 cm³/mol. The van der Waals surface area contributed by atoms with Gasteiger partial charge in [-0.05, 0) is 50.2 Å². The number of rotatable bonds is 7. The molecule has 1 aromatic heterocycles. The number of carbonyl (C=O) groups is 2. The Bertz CT molecular complexity index is 1400. The van der Waals surface area contributed by atoms with E-state index in [0.717, 1.165) is 12.1 Å². The third-order valence-corrected chi connectivity index (χ3v) is 7.62. The number of ether oxygens (including phenoxy) is 1. The molecule has 1 spiro atoms. The first-order chi connectivity index (χ1) is 18.6. The lowest BCUT2D eigenvalue weighted by Gasteiger charge is -2.35. The quantitative estimate of drug-likeness (QED) is 0.438. The van der Waals surface area contributed by atoms with Crippen molar-refractivity contribution in [2.24, 2.45) is 0 Å². The number of halogens is 2. The fourth-order valence-electron chi connectivity index (χ4n) is 4.88. The van der Waals surface area contributed by atoms with Crippen LogP contribution >= 0.6 is 11.6 Å². The van der Waals surface area contributed by atoms with Gasteiger partial charge in [-0.3, -0.25) is 15.0 Å². The van der Waals surface area contributed by atoms with Crippen molar-refractivity contribution in [2.45, 2.75) is 45.0 Å². The number of fused-ring (bicyclic) bond motifs is 2. The summed E-state index contributed by atoms with van der Waals surface area (Å²) in [4.78, 5) is 29.2. The van der Waals surface area contributed by atoms with Gasteiger partial charge in [-0.15, -0.1) is 5.10 Å². The number of amides is 2. The van der Waals surface area contributed by atoms with Crippen LogP contribution in [0.1, 0.15) is 47.3 Å². The summed E-state index contributed by atoms with van der Waals surface area (Å²) >= 11 is 6.04. The van der Waals surface area contributed by atoms with Crippen molar-refractivity contribution in [1.29, 1.82) is 0 Å². The molecule has 2 N–H and O–H groups in total. The molecule has 0 saturated carbocycles. The van der Waals surface area contributed by atoms with Crippen LogP contribution in [0.3, 0.4) is 0 Å². The summed E-state index contributed by atoms with van der Waals surface area (Å²) in [7, 11) is 2.09. The van der Waals surface area contributed by atoms with Crippen LogP contribution in [-0.4, -0.2) is 53.3 Å². The van der Waals surface area contributed by atoms with Crippen molar-refractivity contribution in [3.8, 4) is 0 Å². The maximum Gasteiger partial charge on any atom is 0.412 e. The molecule has 0 unspecified atom stereocenters. The highest BCUT2D eigenvalue weighted by atomic mass is 35.5. The highest BCUT2D eigenvalue weighted by Gasteiger charge is 2.50. The summed E-state index contributed by atoms with van der Waals surface area (Å²) < 4.78 is 20.7. The van der Waals surface area contributed by atoms with Crippen LogP contribution in [0.15, 0.2) is 48.7 Å². The van der Waals surface area contributed by atoms with E-state index in [2.05, 4.69) is 58.8 Å². The Kier molecular flexibility index (Phi) is 7.42. The van der Waals surface area contributed by atoms with E-state index in [9.17, 15) is 9.59 Å². The molecule has 0 aliphatic carbocycles. The molecule has 9 nitrogen and oxygen atoms in total. The summed E-state index contributed by atoms with van der Waals surface area (Å²) in [5.41, 5.74) is 1.83. The number of hydrogen-bond donors (Lipinski definition) is 2. The maximum atomic E-state index is 15.1. The van der Waals surface area contributed by atoms with Gasteiger partial charge in [-0.2, -0.15) is 5.10 Å². The van der Waals surface area contributed by atoms with Crippen LogP contribution in [0.25, 0.3) is 0 Å². The van der Waals surface area contributed by atoms with Crippen molar-refractivity contribution in [3.63, 3.8) is 0 Å². The van der Waals surface area contributed by atoms with Crippen LogP contribution in [0.2, 0.25) is 5.02 Å². The number of aromatic nitrogens is 2. The van der Waals surface area contributed by atoms with Crippen LogP contribution in [0, 0.1) is 5.82 Å². The van der Waals surface area contributed by atoms with Crippen molar-refractivity contribution in [1.82, 2.24) is 20.4 Å². The molecule has 1 fully saturated rings. The van der Waals surface area contributed by atoms with E-state index in [0.29, 0.717) is 42.6 Å². The lowest BCUT2D eigenvalue weighted by Crippen LogP contribution is -2.42. The maximum absolute atomic E-state index is 15.1. The number of nitrogens with one attached hydrogen (secondary N) is 2. The zero-order valence-corrected chi connectivity index (χ0v) is 22.8. The second-order valence-electron chi connectivity index (χ2n) is 10.3. The van der Waals surface area contributed by atoms with Gasteiger partial charge in [-0.1, -0.05) is 35.9 Å². The van der Waals surface area contributed by atoms with Crippen LogP contribution in [-0.2, 0) is 23.4 Å². The van der Waals surface area contributed by atoms with Crippen molar-refractivity contribution in [3.05, 3.63) is 81.8 Å². The fraction of sp³-hybridized carbons (Fsp3) is 0.357. The molecule has 11 heteroatoms. The SMILES string of the molecule is CC(C)N(C)Cc1ccc(CNC(=O)c2cnnc(N3CC[C@]4(C3)OC(=O)Nc3ccc(Cl)c(F)c34)c2)cc1. The van der Waals surface area contributed by atoms with E-state index in [1.807, 2.05) is 17.0 Å². The van der Waals surface area contributed by atoms with Gasteiger partial charge in [0.25, 0.3) is 5.91 Å². The summed E-state index contributed by atoms with van der Waals surface area (Å²) in [6, 6.07) is 13.2. The van der Waals surface area contributed by atoms with E-state index in [4.69, 9.17) is 16.3 Å². The van der Waals surface area contributed by atoms with Crippen LogP contribution < -0.4 is 15.5 Å². The molecular weight excluding hydrogens is 523 g/mol. The standard InChI is InChI=1S/C28H30ClFN6O3/c1-17(2)35(3)15-19-6-4-18(5-7-19)13-31-26(37)20-12-23(34-32-14-20)36-11-10-28(16-36)24-22(33-27(38)39-28)9-8-21(29)25(24)30/h4-9,12,14,17H,10-11,13,15-16H2,1-3H3,(H,31,37)(H,33,38)/t28-/m1/s1. The monoisotopic (exact) mass is 552 g/mol. The highest BCUT2D eigenvalue weighted by molar-refractivity contribution is 6.31. The minimum absolute atomic E-state index is 0.0534. The Hall–Kier alpha value is -3.76. The fourth-order valence-corrected chi connectivity index (χ4v) is 5.04. The summed E-state index contributed by atoms with van der Waals surface area (Å²) in [5.74, 6) is -0.493. The molecule has 2 aliphatic heterocycles.